The van der Waals surface area contributed by atoms with Crippen molar-refractivity contribution in [3.8, 4) is 0 Å². The van der Waals surface area contributed by atoms with Crippen LogP contribution in [0.1, 0.15) is 33.1 Å². The van der Waals surface area contributed by atoms with E-state index in [0.717, 1.165) is 6.42 Å². The molecule has 1 unspecified atom stereocenters. The third-order valence-corrected chi connectivity index (χ3v) is 2.50. The Labute approximate surface area is 84.5 Å². The van der Waals surface area contributed by atoms with Gasteiger partial charge in [-0.2, -0.15) is 0 Å². The summed E-state index contributed by atoms with van der Waals surface area (Å²) in [5.41, 5.74) is 5.17. The predicted octanol–water partition coefficient (Wildman–Crippen LogP) is 2.83. The minimum absolute atomic E-state index is 0. The van der Waals surface area contributed by atoms with Gasteiger partial charge in [0.25, 0.3) is 0 Å². The van der Waals surface area contributed by atoms with E-state index < -0.39 is 5.92 Å². The van der Waals surface area contributed by atoms with Crippen LogP contribution in [0.4, 0.5) is 8.78 Å². The maximum absolute atomic E-state index is 13.1. The summed E-state index contributed by atoms with van der Waals surface area (Å²) >= 11 is 0. The lowest BCUT2D eigenvalue weighted by atomic mass is 9.70. The van der Waals surface area contributed by atoms with Gasteiger partial charge in [0.05, 0.1) is 0 Å². The zero-order valence-corrected chi connectivity index (χ0v) is 8.96. The van der Waals surface area contributed by atoms with Gasteiger partial charge in [-0.15, -0.1) is 12.4 Å². The number of rotatable bonds is 1. The van der Waals surface area contributed by atoms with Gasteiger partial charge in [-0.3, -0.25) is 0 Å². The zero-order valence-electron chi connectivity index (χ0n) is 8.15. The molecule has 0 bridgehead atoms. The van der Waals surface area contributed by atoms with Crippen molar-refractivity contribution in [3.05, 3.63) is 0 Å². The second-order valence-electron chi connectivity index (χ2n) is 4.71. The lowest BCUT2D eigenvalue weighted by Crippen LogP contribution is -2.39. The second kappa shape index (κ2) is 4.09. The van der Waals surface area contributed by atoms with Crippen LogP contribution in [-0.2, 0) is 0 Å². The lowest BCUT2D eigenvalue weighted by Gasteiger charge is -2.39. The summed E-state index contributed by atoms with van der Waals surface area (Å²) in [6.07, 6.45) is 0.822. The Bertz CT molecular complexity index is 155. The van der Waals surface area contributed by atoms with Crippen LogP contribution in [-0.4, -0.2) is 12.5 Å². The van der Waals surface area contributed by atoms with E-state index in [-0.39, 0.29) is 36.6 Å². The molecule has 80 valence electrons. The van der Waals surface area contributed by atoms with E-state index in [1.165, 1.54) is 0 Å². The third-order valence-electron chi connectivity index (χ3n) is 2.50. The minimum Gasteiger partial charge on any atom is -0.330 e. The number of hydrogen-bond acceptors (Lipinski definition) is 1. The lowest BCUT2D eigenvalue weighted by molar-refractivity contribution is -0.0919. The molecule has 0 radical (unpaired) electrons. The van der Waals surface area contributed by atoms with Crippen molar-refractivity contribution >= 4 is 12.4 Å². The van der Waals surface area contributed by atoms with Crippen LogP contribution in [0.2, 0.25) is 0 Å². The van der Waals surface area contributed by atoms with Crippen LogP contribution in [0.3, 0.4) is 0 Å². The summed E-state index contributed by atoms with van der Waals surface area (Å²) in [4.78, 5) is 0. The summed E-state index contributed by atoms with van der Waals surface area (Å²) in [7, 11) is 0. The topological polar surface area (TPSA) is 26.0 Å². The number of hydrogen-bond donors (Lipinski definition) is 1. The fourth-order valence-corrected chi connectivity index (χ4v) is 2.29. The molecule has 0 spiro atoms. The van der Waals surface area contributed by atoms with Gasteiger partial charge in [0.1, 0.15) is 0 Å². The summed E-state index contributed by atoms with van der Waals surface area (Å²) in [5, 5.41) is 0. The molecule has 0 aromatic heterocycles. The molecular formula is C9H18ClF2N. The number of nitrogens with two attached hydrogens (primary N) is 1. The highest BCUT2D eigenvalue weighted by molar-refractivity contribution is 5.85. The Morgan fingerprint density at radius 2 is 1.85 bits per heavy atom. The summed E-state index contributed by atoms with van der Waals surface area (Å²) in [6.45, 7) is 4.17. The van der Waals surface area contributed by atoms with Crippen molar-refractivity contribution in [2.24, 2.45) is 17.1 Å². The van der Waals surface area contributed by atoms with Gasteiger partial charge >= 0.3 is 0 Å². The molecule has 4 heteroatoms. The van der Waals surface area contributed by atoms with Crippen LogP contribution in [0.25, 0.3) is 0 Å². The molecule has 0 aliphatic heterocycles. The Morgan fingerprint density at radius 1 is 1.31 bits per heavy atom. The predicted molar refractivity (Wildman–Crippen MR) is 52.4 cm³/mol. The van der Waals surface area contributed by atoms with Gasteiger partial charge in [0.2, 0.25) is 5.92 Å². The van der Waals surface area contributed by atoms with Crippen LogP contribution < -0.4 is 5.73 Å². The maximum Gasteiger partial charge on any atom is 0.249 e. The van der Waals surface area contributed by atoms with Crippen LogP contribution >= 0.6 is 12.4 Å². The number of alkyl halides is 2. The van der Waals surface area contributed by atoms with E-state index in [0.29, 0.717) is 6.54 Å². The molecular weight excluding hydrogens is 196 g/mol. The van der Waals surface area contributed by atoms with Gasteiger partial charge in [-0.25, -0.2) is 8.78 Å². The van der Waals surface area contributed by atoms with Gasteiger partial charge < -0.3 is 5.73 Å². The van der Waals surface area contributed by atoms with Crippen molar-refractivity contribution in [1.29, 1.82) is 0 Å². The molecule has 1 fully saturated rings. The molecule has 0 saturated heterocycles. The Hall–Kier alpha value is 0.110. The van der Waals surface area contributed by atoms with Crippen molar-refractivity contribution < 1.29 is 8.78 Å². The molecule has 1 atom stereocenters. The quantitative estimate of drug-likeness (QED) is 0.712. The zero-order chi connectivity index (χ0) is 9.41. The first-order valence-corrected chi connectivity index (χ1v) is 4.43. The van der Waals surface area contributed by atoms with Crippen LogP contribution in [0, 0.1) is 11.3 Å². The molecule has 2 N–H and O–H groups in total. The Balaban J connectivity index is 0.00000144. The summed E-state index contributed by atoms with van der Waals surface area (Å²) in [6, 6.07) is 0. The third kappa shape index (κ3) is 3.77. The molecule has 0 aromatic rings. The molecule has 0 aromatic carbocycles. The second-order valence-corrected chi connectivity index (χ2v) is 4.71. The van der Waals surface area contributed by atoms with E-state index >= 15 is 0 Å². The Morgan fingerprint density at radius 3 is 2.23 bits per heavy atom. The van der Waals surface area contributed by atoms with Crippen molar-refractivity contribution in [2.75, 3.05) is 6.54 Å². The fraction of sp³-hybridized carbons (Fsp3) is 1.00. The molecule has 0 amide bonds. The number of halogens is 3. The monoisotopic (exact) mass is 213 g/mol. The van der Waals surface area contributed by atoms with Gasteiger partial charge in [-0.1, -0.05) is 13.8 Å². The molecule has 1 nitrogen and oxygen atoms in total. The van der Waals surface area contributed by atoms with Crippen molar-refractivity contribution in [1.82, 2.24) is 0 Å². The van der Waals surface area contributed by atoms with Gasteiger partial charge in [-0.05, 0) is 24.3 Å². The molecule has 13 heavy (non-hydrogen) atoms. The highest BCUT2D eigenvalue weighted by Crippen LogP contribution is 2.46. The normalized spacial score (nSPS) is 30.7. The molecule has 1 rings (SSSR count). The first-order valence-electron chi connectivity index (χ1n) is 4.43. The van der Waals surface area contributed by atoms with Crippen molar-refractivity contribution in [2.45, 2.75) is 39.0 Å². The van der Waals surface area contributed by atoms with E-state index in [1.807, 2.05) is 13.8 Å². The Kier molecular flexibility index (Phi) is 4.13. The standard InChI is InChI=1S/C9H17F2N.ClH/c1-8(2)3-7(5-12)4-9(10,11)6-8;/h7H,3-6,12H2,1-2H3;1H. The smallest absolute Gasteiger partial charge is 0.249 e. The van der Waals surface area contributed by atoms with E-state index in [2.05, 4.69) is 0 Å². The summed E-state index contributed by atoms with van der Waals surface area (Å²) in [5.74, 6) is -2.49. The van der Waals surface area contributed by atoms with E-state index in [4.69, 9.17) is 5.73 Å². The first kappa shape index (κ1) is 13.1. The van der Waals surface area contributed by atoms with Gasteiger partial charge in [0.15, 0.2) is 0 Å². The average molecular weight is 214 g/mol. The van der Waals surface area contributed by atoms with Gasteiger partial charge in [0, 0.05) is 12.8 Å². The molecule has 1 saturated carbocycles. The summed E-state index contributed by atoms with van der Waals surface area (Å²) < 4.78 is 26.2. The average Bonchev–Trinajstić information content (AvgIpc) is 1.80. The van der Waals surface area contributed by atoms with Crippen LogP contribution in [0.5, 0.6) is 0 Å². The van der Waals surface area contributed by atoms with E-state index in [1.54, 1.807) is 0 Å². The fourth-order valence-electron chi connectivity index (χ4n) is 2.29. The minimum atomic E-state index is -2.49. The SMILES string of the molecule is CC1(C)CC(CN)CC(F)(F)C1.Cl. The highest BCUT2D eigenvalue weighted by atomic mass is 35.5. The largest absolute Gasteiger partial charge is 0.330 e. The first-order chi connectivity index (χ1) is 5.35. The van der Waals surface area contributed by atoms with E-state index in [9.17, 15) is 8.78 Å². The van der Waals surface area contributed by atoms with Crippen LogP contribution in [0.15, 0.2) is 0 Å². The molecule has 0 heterocycles. The van der Waals surface area contributed by atoms with Crippen molar-refractivity contribution in [3.63, 3.8) is 0 Å². The maximum atomic E-state index is 13.1. The highest BCUT2D eigenvalue weighted by Gasteiger charge is 2.44. The molecule has 1 aliphatic carbocycles. The molecule has 1 aliphatic rings.